The Labute approximate surface area is 71.6 Å². The van der Waals surface area contributed by atoms with E-state index in [9.17, 15) is 13.2 Å². The van der Waals surface area contributed by atoms with Crippen molar-refractivity contribution in [1.29, 1.82) is 0 Å². The predicted octanol–water partition coefficient (Wildman–Crippen LogP) is 2.51. The number of pyridine rings is 1. The SMILES string of the molecule is FC(F)(F)n1ccc2ncccc21. The van der Waals surface area contributed by atoms with Gasteiger partial charge < -0.3 is 0 Å². The first-order valence-electron chi connectivity index (χ1n) is 3.58. The summed E-state index contributed by atoms with van der Waals surface area (Å²) in [5.41, 5.74) is 0.426. The average Bonchev–Trinajstić information content (AvgIpc) is 2.45. The highest BCUT2D eigenvalue weighted by molar-refractivity contribution is 5.75. The van der Waals surface area contributed by atoms with Crippen LogP contribution in [0.3, 0.4) is 0 Å². The number of alkyl halides is 3. The zero-order valence-corrected chi connectivity index (χ0v) is 6.42. The Morgan fingerprint density at radius 2 is 2.00 bits per heavy atom. The Morgan fingerprint density at radius 3 is 2.69 bits per heavy atom. The molecule has 0 spiro atoms. The van der Waals surface area contributed by atoms with Crippen LogP contribution in [0.1, 0.15) is 0 Å². The Bertz CT molecular complexity index is 430. The summed E-state index contributed by atoms with van der Waals surface area (Å²) in [6, 6.07) is 4.20. The van der Waals surface area contributed by atoms with E-state index < -0.39 is 6.30 Å². The van der Waals surface area contributed by atoms with Crippen molar-refractivity contribution in [2.24, 2.45) is 0 Å². The van der Waals surface area contributed by atoms with Gasteiger partial charge in [0, 0.05) is 12.4 Å². The Morgan fingerprint density at radius 1 is 1.23 bits per heavy atom. The van der Waals surface area contributed by atoms with Gasteiger partial charge >= 0.3 is 6.30 Å². The molecule has 2 nitrogen and oxygen atoms in total. The minimum Gasteiger partial charge on any atom is -0.257 e. The predicted molar refractivity (Wildman–Crippen MR) is 41.0 cm³/mol. The largest absolute Gasteiger partial charge is 0.488 e. The minimum absolute atomic E-state index is 0.0787. The molecule has 0 saturated heterocycles. The third-order valence-corrected chi connectivity index (χ3v) is 1.73. The van der Waals surface area contributed by atoms with E-state index in [2.05, 4.69) is 4.98 Å². The molecule has 0 radical (unpaired) electrons. The van der Waals surface area contributed by atoms with Crippen molar-refractivity contribution in [3.63, 3.8) is 0 Å². The second kappa shape index (κ2) is 2.48. The lowest BCUT2D eigenvalue weighted by Gasteiger charge is -2.08. The van der Waals surface area contributed by atoms with Crippen LogP contribution >= 0.6 is 0 Å². The summed E-state index contributed by atoms with van der Waals surface area (Å²) in [5, 5.41) is 0. The molecule has 0 aliphatic rings. The fraction of sp³-hybridized carbons (Fsp3) is 0.125. The molecule has 2 aromatic rings. The number of rotatable bonds is 0. The third-order valence-electron chi connectivity index (χ3n) is 1.73. The van der Waals surface area contributed by atoms with Crippen molar-refractivity contribution < 1.29 is 13.2 Å². The van der Waals surface area contributed by atoms with Gasteiger partial charge in [0.05, 0.1) is 11.0 Å². The first-order valence-corrected chi connectivity index (χ1v) is 3.58. The Kier molecular flexibility index (Phi) is 1.55. The fourth-order valence-corrected chi connectivity index (χ4v) is 1.19. The smallest absolute Gasteiger partial charge is 0.257 e. The second-order valence-electron chi connectivity index (χ2n) is 2.56. The number of hydrogen-bond acceptors (Lipinski definition) is 1. The van der Waals surface area contributed by atoms with Crippen molar-refractivity contribution in [2.75, 3.05) is 0 Å². The number of fused-ring (bicyclic) bond motifs is 1. The highest BCUT2D eigenvalue weighted by Gasteiger charge is 2.31. The molecular formula is C8H5F3N2. The zero-order valence-electron chi connectivity index (χ0n) is 6.42. The lowest BCUT2D eigenvalue weighted by atomic mass is 10.4. The van der Waals surface area contributed by atoms with Gasteiger partial charge in [0.25, 0.3) is 0 Å². The van der Waals surface area contributed by atoms with Crippen molar-refractivity contribution in [2.45, 2.75) is 6.30 Å². The summed E-state index contributed by atoms with van der Waals surface area (Å²) >= 11 is 0. The van der Waals surface area contributed by atoms with Gasteiger partial charge in [0.2, 0.25) is 0 Å². The van der Waals surface area contributed by atoms with Crippen molar-refractivity contribution in [3.05, 3.63) is 30.6 Å². The van der Waals surface area contributed by atoms with Crippen LogP contribution in [0, 0.1) is 0 Å². The third kappa shape index (κ3) is 1.26. The molecule has 0 atom stereocenters. The molecule has 0 aromatic carbocycles. The van der Waals surface area contributed by atoms with Crippen LogP contribution in [-0.2, 0) is 6.30 Å². The molecule has 68 valence electrons. The van der Waals surface area contributed by atoms with Gasteiger partial charge in [-0.15, -0.1) is 13.2 Å². The van der Waals surface area contributed by atoms with E-state index in [1.807, 2.05) is 0 Å². The molecule has 13 heavy (non-hydrogen) atoms. The zero-order chi connectivity index (χ0) is 9.47. The molecule has 5 heteroatoms. The van der Waals surface area contributed by atoms with E-state index >= 15 is 0 Å². The van der Waals surface area contributed by atoms with Crippen LogP contribution in [0.25, 0.3) is 11.0 Å². The van der Waals surface area contributed by atoms with E-state index in [0.717, 1.165) is 6.20 Å². The van der Waals surface area contributed by atoms with Crippen LogP contribution in [0.5, 0.6) is 0 Å². The molecule has 0 bridgehead atoms. The molecular weight excluding hydrogens is 181 g/mol. The van der Waals surface area contributed by atoms with Gasteiger partial charge in [-0.25, -0.2) is 0 Å². The Balaban J connectivity index is 2.72. The average molecular weight is 186 g/mol. The van der Waals surface area contributed by atoms with E-state index in [1.54, 1.807) is 0 Å². The summed E-state index contributed by atoms with van der Waals surface area (Å²) in [4.78, 5) is 3.79. The van der Waals surface area contributed by atoms with Crippen LogP contribution < -0.4 is 0 Å². The monoisotopic (exact) mass is 186 g/mol. The maximum atomic E-state index is 12.3. The normalized spacial score (nSPS) is 12.2. The maximum Gasteiger partial charge on any atom is 0.488 e. The van der Waals surface area contributed by atoms with Crippen molar-refractivity contribution in [1.82, 2.24) is 9.55 Å². The van der Waals surface area contributed by atoms with E-state index in [0.29, 0.717) is 5.52 Å². The number of nitrogens with zero attached hydrogens (tertiary/aromatic N) is 2. The van der Waals surface area contributed by atoms with Crippen LogP contribution in [0.2, 0.25) is 0 Å². The van der Waals surface area contributed by atoms with E-state index in [4.69, 9.17) is 0 Å². The van der Waals surface area contributed by atoms with Gasteiger partial charge in [0.1, 0.15) is 0 Å². The van der Waals surface area contributed by atoms with Crippen LogP contribution in [0.15, 0.2) is 30.6 Å². The molecule has 0 unspecified atom stereocenters. The quantitative estimate of drug-likeness (QED) is 0.618. The second-order valence-corrected chi connectivity index (χ2v) is 2.56. The lowest BCUT2D eigenvalue weighted by Crippen LogP contribution is -2.14. The van der Waals surface area contributed by atoms with Gasteiger partial charge in [-0.2, -0.15) is 0 Å². The first kappa shape index (κ1) is 8.10. The summed E-state index contributed by atoms with van der Waals surface area (Å²) in [7, 11) is 0. The van der Waals surface area contributed by atoms with Crippen LogP contribution in [0.4, 0.5) is 13.2 Å². The highest BCUT2D eigenvalue weighted by Crippen LogP contribution is 2.27. The number of hydrogen-bond donors (Lipinski definition) is 0. The highest BCUT2D eigenvalue weighted by atomic mass is 19.4. The summed E-state index contributed by atoms with van der Waals surface area (Å²) < 4.78 is 37.1. The van der Waals surface area contributed by atoms with Crippen molar-refractivity contribution >= 4 is 11.0 Å². The van der Waals surface area contributed by atoms with Gasteiger partial charge in [-0.1, -0.05) is 0 Å². The van der Waals surface area contributed by atoms with Gasteiger partial charge in [-0.3, -0.25) is 9.55 Å². The molecule has 0 amide bonds. The number of halogens is 3. The molecule has 2 rings (SSSR count). The molecule has 0 N–H and O–H groups in total. The van der Waals surface area contributed by atoms with E-state index in [-0.39, 0.29) is 10.1 Å². The molecule has 0 aliphatic carbocycles. The molecule has 2 aromatic heterocycles. The molecule has 0 fully saturated rings. The van der Waals surface area contributed by atoms with Gasteiger partial charge in [0.15, 0.2) is 0 Å². The Hall–Kier alpha value is -1.52. The number of aromatic nitrogens is 2. The summed E-state index contributed by atoms with van der Waals surface area (Å²) in [5.74, 6) is 0. The lowest BCUT2D eigenvalue weighted by molar-refractivity contribution is -0.200. The van der Waals surface area contributed by atoms with Gasteiger partial charge in [-0.05, 0) is 18.2 Å². The first-order chi connectivity index (χ1) is 6.09. The molecule has 0 saturated carbocycles. The molecule has 2 heterocycles. The standard InChI is InChI=1S/C8H5F3N2/c9-8(10,11)13-5-3-6-7(13)2-1-4-12-6/h1-5H. The van der Waals surface area contributed by atoms with Crippen LogP contribution in [-0.4, -0.2) is 9.55 Å². The topological polar surface area (TPSA) is 17.8 Å². The summed E-state index contributed by atoms with van der Waals surface area (Å²) in [6.45, 7) is 0. The van der Waals surface area contributed by atoms with E-state index in [1.165, 1.54) is 24.4 Å². The minimum atomic E-state index is -4.37. The molecule has 0 aliphatic heterocycles. The summed E-state index contributed by atoms with van der Waals surface area (Å²) in [6.07, 6.45) is -1.94. The maximum absolute atomic E-state index is 12.3. The van der Waals surface area contributed by atoms with Crippen molar-refractivity contribution in [3.8, 4) is 0 Å². The fourth-order valence-electron chi connectivity index (χ4n) is 1.19.